The fraction of sp³-hybridized carbons (Fsp3) is 0.238. The van der Waals surface area contributed by atoms with E-state index in [1.807, 2.05) is 37.3 Å². The molecule has 0 saturated heterocycles. The van der Waals surface area contributed by atoms with E-state index in [1.54, 1.807) is 19.1 Å². The minimum atomic E-state index is -0.514. The van der Waals surface area contributed by atoms with Crippen LogP contribution in [-0.4, -0.2) is 17.5 Å². The quantitative estimate of drug-likeness (QED) is 0.395. The molecule has 0 aliphatic carbocycles. The number of rotatable bonds is 8. The second-order valence-corrected chi connectivity index (χ2v) is 6.36. The molecular formula is C21H23FN2O2S. The van der Waals surface area contributed by atoms with E-state index in [1.165, 1.54) is 12.1 Å². The number of hydrogen-bond donors (Lipinski definition) is 2. The molecule has 0 amide bonds. The molecule has 0 bridgehead atoms. The van der Waals surface area contributed by atoms with E-state index in [0.717, 1.165) is 12.0 Å². The van der Waals surface area contributed by atoms with Gasteiger partial charge in [-0.25, -0.2) is 9.18 Å². The Hall–Kier alpha value is -2.73. The first-order valence-corrected chi connectivity index (χ1v) is 9.14. The summed E-state index contributed by atoms with van der Waals surface area (Å²) in [5.41, 5.74) is 2.38. The zero-order valence-corrected chi connectivity index (χ0v) is 16.2. The van der Waals surface area contributed by atoms with Crippen molar-refractivity contribution >= 4 is 28.9 Å². The summed E-state index contributed by atoms with van der Waals surface area (Å²) in [5.74, 6) is -0.857. The predicted octanol–water partition coefficient (Wildman–Crippen LogP) is 4.58. The maximum absolute atomic E-state index is 13.1. The van der Waals surface area contributed by atoms with Crippen LogP contribution in [0.15, 0.2) is 65.9 Å². The van der Waals surface area contributed by atoms with Gasteiger partial charge >= 0.3 is 5.97 Å². The zero-order chi connectivity index (χ0) is 19.6. The van der Waals surface area contributed by atoms with Gasteiger partial charge in [0.05, 0.1) is 0 Å². The molecule has 0 unspecified atom stereocenters. The molecular weight excluding hydrogens is 363 g/mol. The van der Waals surface area contributed by atoms with Crippen LogP contribution in [0.2, 0.25) is 0 Å². The van der Waals surface area contributed by atoms with Crippen LogP contribution in [-0.2, 0) is 16.1 Å². The number of hydrogen-bond acceptors (Lipinski definition) is 4. The summed E-state index contributed by atoms with van der Waals surface area (Å²) in [6.45, 7) is 4.68. The number of thiocarbonyl (C=S) groups is 1. The Labute approximate surface area is 164 Å². The minimum Gasteiger partial charge on any atom is -0.457 e. The summed E-state index contributed by atoms with van der Waals surface area (Å²) in [5, 5.41) is 6.15. The van der Waals surface area contributed by atoms with Gasteiger partial charge in [-0.3, -0.25) is 0 Å². The van der Waals surface area contributed by atoms with Crippen molar-refractivity contribution in [2.24, 2.45) is 0 Å². The lowest BCUT2D eigenvalue weighted by molar-refractivity contribution is -0.139. The maximum atomic E-state index is 13.1. The Balaban J connectivity index is 2.15. The van der Waals surface area contributed by atoms with E-state index >= 15 is 0 Å². The third-order valence-corrected chi connectivity index (χ3v) is 4.07. The summed E-state index contributed by atoms with van der Waals surface area (Å²) < 4.78 is 18.5. The van der Waals surface area contributed by atoms with Crippen molar-refractivity contribution in [3.8, 4) is 0 Å². The van der Waals surface area contributed by atoms with Crippen molar-refractivity contribution in [2.45, 2.75) is 26.9 Å². The van der Waals surface area contributed by atoms with Gasteiger partial charge in [0.2, 0.25) is 0 Å². The number of halogens is 1. The Morgan fingerprint density at radius 1 is 1.11 bits per heavy atom. The molecule has 0 heterocycles. The van der Waals surface area contributed by atoms with E-state index in [-0.39, 0.29) is 23.0 Å². The number of ether oxygens (including phenoxy) is 1. The van der Waals surface area contributed by atoms with Crippen LogP contribution in [0, 0.1) is 5.82 Å². The topological polar surface area (TPSA) is 50.4 Å². The maximum Gasteiger partial charge on any atom is 0.343 e. The molecule has 0 fully saturated rings. The number of benzene rings is 2. The number of allylic oxidation sites excluding steroid dienone is 1. The van der Waals surface area contributed by atoms with Gasteiger partial charge in [-0.05, 0) is 43.2 Å². The number of nitrogens with one attached hydrogen (secondary N) is 2. The van der Waals surface area contributed by atoms with E-state index in [2.05, 4.69) is 10.6 Å². The lowest BCUT2D eigenvalue weighted by atomic mass is 10.2. The lowest BCUT2D eigenvalue weighted by Crippen LogP contribution is -2.26. The normalized spacial score (nSPS) is 11.4. The van der Waals surface area contributed by atoms with Crippen molar-refractivity contribution in [3.63, 3.8) is 0 Å². The smallest absolute Gasteiger partial charge is 0.343 e. The monoisotopic (exact) mass is 386 g/mol. The van der Waals surface area contributed by atoms with Gasteiger partial charge in [0, 0.05) is 17.9 Å². The summed E-state index contributed by atoms with van der Waals surface area (Å²) >= 11 is 5.42. The molecule has 2 aromatic rings. The van der Waals surface area contributed by atoms with E-state index in [4.69, 9.17) is 17.0 Å². The Kier molecular flexibility index (Phi) is 7.95. The zero-order valence-electron chi connectivity index (χ0n) is 15.4. The number of carbonyl (C=O) groups excluding carboxylic acids is 1. The van der Waals surface area contributed by atoms with Gasteiger partial charge in [0.1, 0.15) is 23.0 Å². The number of carbonyl (C=O) groups is 1. The van der Waals surface area contributed by atoms with Gasteiger partial charge in [-0.2, -0.15) is 0 Å². The van der Waals surface area contributed by atoms with E-state index in [9.17, 15) is 9.18 Å². The number of anilines is 1. The second-order valence-electron chi connectivity index (χ2n) is 5.95. The number of esters is 1. The van der Waals surface area contributed by atoms with Crippen LogP contribution >= 0.6 is 12.2 Å². The fourth-order valence-electron chi connectivity index (χ4n) is 2.34. The van der Waals surface area contributed by atoms with Crippen molar-refractivity contribution in [1.29, 1.82) is 0 Å². The minimum absolute atomic E-state index is 0.156. The molecule has 0 aliphatic heterocycles. The molecule has 0 radical (unpaired) electrons. The van der Waals surface area contributed by atoms with Gasteiger partial charge < -0.3 is 15.4 Å². The predicted molar refractivity (Wildman–Crippen MR) is 110 cm³/mol. The average Bonchev–Trinajstić information content (AvgIpc) is 2.67. The molecule has 2 N–H and O–H groups in total. The van der Waals surface area contributed by atoms with Gasteiger partial charge in [-0.1, -0.05) is 49.5 Å². The average molecular weight is 386 g/mol. The van der Waals surface area contributed by atoms with Crippen LogP contribution in [0.5, 0.6) is 0 Å². The molecule has 0 aliphatic rings. The second kappa shape index (κ2) is 10.4. The first kappa shape index (κ1) is 20.6. The van der Waals surface area contributed by atoms with Crippen LogP contribution in [0.25, 0.3) is 0 Å². The summed E-state index contributed by atoms with van der Waals surface area (Å²) in [6.07, 6.45) is 0.905. The molecule has 4 nitrogen and oxygen atoms in total. The third kappa shape index (κ3) is 6.49. The molecule has 0 atom stereocenters. The van der Waals surface area contributed by atoms with Gasteiger partial charge in [-0.15, -0.1) is 0 Å². The SMILES string of the molecule is CCCNC(C)=C(C(=O)OCc1ccccc1)C(=S)Nc1ccc(F)cc1. The molecule has 0 saturated carbocycles. The highest BCUT2D eigenvalue weighted by Crippen LogP contribution is 2.15. The van der Waals surface area contributed by atoms with Crippen LogP contribution in [0.1, 0.15) is 25.8 Å². The van der Waals surface area contributed by atoms with Gasteiger partial charge in [0.25, 0.3) is 0 Å². The fourth-order valence-corrected chi connectivity index (χ4v) is 2.69. The summed E-state index contributed by atoms with van der Waals surface area (Å²) in [4.78, 5) is 12.9. The van der Waals surface area contributed by atoms with Crippen molar-refractivity contribution in [2.75, 3.05) is 11.9 Å². The molecule has 6 heteroatoms. The Bertz CT molecular complexity index is 805. The Morgan fingerprint density at radius 3 is 2.41 bits per heavy atom. The first-order valence-electron chi connectivity index (χ1n) is 8.74. The van der Waals surface area contributed by atoms with E-state index < -0.39 is 5.97 Å². The van der Waals surface area contributed by atoms with Gasteiger partial charge in [0.15, 0.2) is 0 Å². The lowest BCUT2D eigenvalue weighted by Gasteiger charge is -2.16. The standard InChI is InChI=1S/C21H23FN2O2S/c1-3-13-23-15(2)19(20(27)24-18-11-9-17(22)10-12-18)21(25)26-14-16-7-5-4-6-8-16/h4-12,23H,3,13-14H2,1-2H3,(H,24,27). The van der Waals surface area contributed by atoms with Crippen molar-refractivity contribution in [1.82, 2.24) is 5.32 Å². The highest BCUT2D eigenvalue weighted by atomic mass is 32.1. The first-order chi connectivity index (χ1) is 13.0. The molecule has 142 valence electrons. The van der Waals surface area contributed by atoms with Crippen molar-refractivity contribution in [3.05, 3.63) is 77.2 Å². The van der Waals surface area contributed by atoms with Crippen molar-refractivity contribution < 1.29 is 13.9 Å². The molecule has 2 rings (SSSR count). The van der Waals surface area contributed by atoms with Crippen LogP contribution in [0.4, 0.5) is 10.1 Å². The summed E-state index contributed by atoms with van der Waals surface area (Å²) in [6, 6.07) is 15.2. The van der Waals surface area contributed by atoms with Crippen LogP contribution < -0.4 is 10.6 Å². The molecule has 2 aromatic carbocycles. The van der Waals surface area contributed by atoms with Crippen LogP contribution in [0.3, 0.4) is 0 Å². The third-order valence-electron chi connectivity index (χ3n) is 3.76. The molecule has 0 spiro atoms. The molecule has 0 aromatic heterocycles. The highest BCUT2D eigenvalue weighted by Gasteiger charge is 2.20. The molecule has 27 heavy (non-hydrogen) atoms. The summed E-state index contributed by atoms with van der Waals surface area (Å²) in [7, 11) is 0. The highest BCUT2D eigenvalue weighted by molar-refractivity contribution is 7.81. The Morgan fingerprint density at radius 2 is 1.78 bits per heavy atom. The largest absolute Gasteiger partial charge is 0.457 e. The van der Waals surface area contributed by atoms with E-state index in [0.29, 0.717) is 17.9 Å².